The standard InChI is InChI=1S/C18H18Cl2N2O/c19-15-6-4-14(5-7-15)18(9-10-18)22-17(23)21-11-8-13-2-1-3-16(20)12-13/h1-7,12H,8-11H2,(H2,21,22,23). The summed E-state index contributed by atoms with van der Waals surface area (Å²) >= 11 is 11.9. The van der Waals surface area contributed by atoms with Crippen molar-refractivity contribution in [3.8, 4) is 0 Å². The Morgan fingerprint density at radius 2 is 1.78 bits per heavy atom. The summed E-state index contributed by atoms with van der Waals surface area (Å²) in [7, 11) is 0. The zero-order valence-electron chi connectivity index (χ0n) is 12.6. The van der Waals surface area contributed by atoms with Crippen molar-refractivity contribution in [2.75, 3.05) is 6.54 Å². The van der Waals surface area contributed by atoms with Gasteiger partial charge in [-0.2, -0.15) is 0 Å². The molecule has 23 heavy (non-hydrogen) atoms. The van der Waals surface area contributed by atoms with Gasteiger partial charge in [-0.3, -0.25) is 0 Å². The van der Waals surface area contributed by atoms with Gasteiger partial charge in [0.15, 0.2) is 0 Å². The van der Waals surface area contributed by atoms with Gasteiger partial charge in [-0.05, 0) is 54.7 Å². The molecular weight excluding hydrogens is 331 g/mol. The van der Waals surface area contributed by atoms with Gasteiger partial charge in [0.2, 0.25) is 0 Å². The molecule has 0 unspecified atom stereocenters. The van der Waals surface area contributed by atoms with Crippen molar-refractivity contribution in [1.29, 1.82) is 0 Å². The van der Waals surface area contributed by atoms with E-state index in [-0.39, 0.29) is 11.6 Å². The van der Waals surface area contributed by atoms with Crippen molar-refractivity contribution in [3.05, 3.63) is 69.7 Å². The van der Waals surface area contributed by atoms with Crippen LogP contribution < -0.4 is 10.6 Å². The van der Waals surface area contributed by atoms with Crippen molar-refractivity contribution in [3.63, 3.8) is 0 Å². The van der Waals surface area contributed by atoms with Crippen LogP contribution in [0.1, 0.15) is 24.0 Å². The Morgan fingerprint density at radius 3 is 2.43 bits per heavy atom. The predicted octanol–water partition coefficient (Wildman–Crippen LogP) is 4.52. The van der Waals surface area contributed by atoms with Gasteiger partial charge in [-0.15, -0.1) is 0 Å². The molecule has 5 heteroatoms. The first-order valence-corrected chi connectivity index (χ1v) is 8.39. The zero-order valence-corrected chi connectivity index (χ0v) is 14.1. The molecule has 2 aromatic carbocycles. The van der Waals surface area contributed by atoms with Gasteiger partial charge in [0.1, 0.15) is 0 Å². The molecule has 1 aliphatic carbocycles. The topological polar surface area (TPSA) is 41.1 Å². The highest BCUT2D eigenvalue weighted by Crippen LogP contribution is 2.45. The van der Waals surface area contributed by atoms with Gasteiger partial charge in [0.05, 0.1) is 5.54 Å². The highest BCUT2D eigenvalue weighted by Gasteiger charge is 2.45. The first-order valence-electron chi connectivity index (χ1n) is 7.64. The number of rotatable bonds is 5. The fourth-order valence-electron chi connectivity index (χ4n) is 2.65. The van der Waals surface area contributed by atoms with E-state index < -0.39 is 0 Å². The number of benzene rings is 2. The van der Waals surface area contributed by atoms with E-state index in [9.17, 15) is 4.79 Å². The van der Waals surface area contributed by atoms with Gasteiger partial charge in [-0.1, -0.05) is 47.5 Å². The Hall–Kier alpha value is -1.71. The van der Waals surface area contributed by atoms with E-state index in [4.69, 9.17) is 23.2 Å². The van der Waals surface area contributed by atoms with Crippen LogP contribution in [-0.4, -0.2) is 12.6 Å². The summed E-state index contributed by atoms with van der Waals surface area (Å²) in [5, 5.41) is 7.41. The van der Waals surface area contributed by atoms with E-state index in [1.54, 1.807) is 0 Å². The van der Waals surface area contributed by atoms with E-state index in [2.05, 4.69) is 10.6 Å². The van der Waals surface area contributed by atoms with Crippen molar-refractivity contribution < 1.29 is 4.79 Å². The van der Waals surface area contributed by atoms with Crippen LogP contribution in [-0.2, 0) is 12.0 Å². The smallest absolute Gasteiger partial charge is 0.315 e. The summed E-state index contributed by atoms with van der Waals surface area (Å²) in [6.45, 7) is 0.572. The molecule has 120 valence electrons. The number of hydrogen-bond donors (Lipinski definition) is 2. The molecule has 1 fully saturated rings. The second kappa shape index (κ2) is 6.81. The Morgan fingerprint density at radius 1 is 1.04 bits per heavy atom. The largest absolute Gasteiger partial charge is 0.338 e. The van der Waals surface area contributed by atoms with E-state index in [0.717, 1.165) is 30.4 Å². The lowest BCUT2D eigenvalue weighted by Crippen LogP contribution is -2.42. The minimum Gasteiger partial charge on any atom is -0.338 e. The third-order valence-electron chi connectivity index (χ3n) is 4.09. The number of hydrogen-bond acceptors (Lipinski definition) is 1. The maximum atomic E-state index is 12.1. The molecule has 0 radical (unpaired) electrons. The Balaban J connectivity index is 1.50. The minimum atomic E-state index is -0.231. The second-order valence-electron chi connectivity index (χ2n) is 5.85. The van der Waals surface area contributed by atoms with Crippen molar-refractivity contribution in [1.82, 2.24) is 10.6 Å². The fourth-order valence-corrected chi connectivity index (χ4v) is 2.99. The first kappa shape index (κ1) is 16.2. The number of amides is 2. The number of carbonyl (C=O) groups is 1. The molecule has 0 aromatic heterocycles. The Labute approximate surface area is 146 Å². The molecular formula is C18H18Cl2N2O. The van der Waals surface area contributed by atoms with Gasteiger partial charge in [-0.25, -0.2) is 4.79 Å². The number of carbonyl (C=O) groups excluding carboxylic acids is 1. The molecule has 0 aliphatic heterocycles. The summed E-state index contributed by atoms with van der Waals surface area (Å²) < 4.78 is 0. The lowest BCUT2D eigenvalue weighted by molar-refractivity contribution is 0.236. The van der Waals surface area contributed by atoms with Gasteiger partial charge < -0.3 is 10.6 Å². The van der Waals surface area contributed by atoms with Crippen LogP contribution in [0.3, 0.4) is 0 Å². The van der Waals surface area contributed by atoms with Crippen LogP contribution >= 0.6 is 23.2 Å². The van der Waals surface area contributed by atoms with E-state index >= 15 is 0 Å². The number of nitrogens with one attached hydrogen (secondary N) is 2. The molecule has 1 aliphatic rings. The molecule has 3 rings (SSSR count). The van der Waals surface area contributed by atoms with Crippen LogP contribution in [0.4, 0.5) is 4.79 Å². The van der Waals surface area contributed by atoms with Crippen LogP contribution in [0.2, 0.25) is 10.0 Å². The summed E-state index contributed by atoms with van der Waals surface area (Å²) in [6, 6.07) is 15.2. The monoisotopic (exact) mass is 348 g/mol. The highest BCUT2D eigenvalue weighted by molar-refractivity contribution is 6.30. The molecule has 0 atom stereocenters. The van der Waals surface area contributed by atoms with E-state index in [1.807, 2.05) is 48.5 Å². The van der Waals surface area contributed by atoms with Crippen LogP contribution in [0.15, 0.2) is 48.5 Å². The average molecular weight is 349 g/mol. The average Bonchev–Trinajstić information content (AvgIpc) is 3.28. The maximum absolute atomic E-state index is 12.1. The van der Waals surface area contributed by atoms with Crippen molar-refractivity contribution >= 4 is 29.2 Å². The summed E-state index contributed by atoms with van der Waals surface area (Å²) in [6.07, 6.45) is 2.66. The second-order valence-corrected chi connectivity index (χ2v) is 6.72. The predicted molar refractivity (Wildman–Crippen MR) is 94.1 cm³/mol. The van der Waals surface area contributed by atoms with Gasteiger partial charge in [0.25, 0.3) is 0 Å². The first-order chi connectivity index (χ1) is 11.1. The normalized spacial score (nSPS) is 15.0. The third kappa shape index (κ3) is 4.18. The van der Waals surface area contributed by atoms with Crippen molar-refractivity contribution in [2.24, 2.45) is 0 Å². The molecule has 1 saturated carbocycles. The fraction of sp³-hybridized carbons (Fsp3) is 0.278. The highest BCUT2D eigenvalue weighted by atomic mass is 35.5. The Kier molecular flexibility index (Phi) is 4.79. The van der Waals surface area contributed by atoms with Crippen LogP contribution in [0.5, 0.6) is 0 Å². The summed E-state index contributed by atoms with van der Waals surface area (Å²) in [4.78, 5) is 12.1. The minimum absolute atomic E-state index is 0.139. The lowest BCUT2D eigenvalue weighted by atomic mass is 10.1. The van der Waals surface area contributed by atoms with Crippen LogP contribution in [0.25, 0.3) is 0 Å². The lowest BCUT2D eigenvalue weighted by Gasteiger charge is -2.18. The van der Waals surface area contributed by atoms with Crippen LogP contribution in [0, 0.1) is 0 Å². The molecule has 0 bridgehead atoms. The zero-order chi connectivity index (χ0) is 16.3. The number of halogens is 2. The van der Waals surface area contributed by atoms with Gasteiger partial charge in [0, 0.05) is 16.6 Å². The quantitative estimate of drug-likeness (QED) is 0.818. The number of urea groups is 1. The summed E-state index contributed by atoms with van der Waals surface area (Å²) in [5.74, 6) is 0. The van der Waals surface area contributed by atoms with E-state index in [1.165, 1.54) is 0 Å². The van der Waals surface area contributed by atoms with E-state index in [0.29, 0.717) is 16.6 Å². The maximum Gasteiger partial charge on any atom is 0.315 e. The SMILES string of the molecule is O=C(NCCc1cccc(Cl)c1)NC1(c2ccc(Cl)cc2)CC1. The molecule has 2 aromatic rings. The Bertz CT molecular complexity index is 696. The molecule has 0 saturated heterocycles. The summed E-state index contributed by atoms with van der Waals surface area (Å²) in [5.41, 5.74) is 1.98. The molecule has 0 spiro atoms. The molecule has 0 heterocycles. The third-order valence-corrected chi connectivity index (χ3v) is 4.57. The molecule has 2 amide bonds. The molecule has 2 N–H and O–H groups in total. The molecule has 3 nitrogen and oxygen atoms in total. The van der Waals surface area contributed by atoms with Gasteiger partial charge >= 0.3 is 6.03 Å². The van der Waals surface area contributed by atoms with Crippen molar-refractivity contribution in [2.45, 2.75) is 24.8 Å².